The summed E-state index contributed by atoms with van der Waals surface area (Å²) in [5.41, 5.74) is 1.75. The highest BCUT2D eigenvalue weighted by Crippen LogP contribution is 2.23. The molecule has 1 heterocycles. The third kappa shape index (κ3) is 3.80. The Labute approximate surface area is 152 Å². The Bertz CT molecular complexity index is 889. The highest BCUT2D eigenvalue weighted by molar-refractivity contribution is 7.90. The average Bonchev–Trinajstić information content (AvgIpc) is 3.11. The van der Waals surface area contributed by atoms with Gasteiger partial charge in [-0.25, -0.2) is 13.1 Å². The molecule has 1 N–H and O–H groups in total. The molecule has 2 aromatic rings. The lowest BCUT2D eigenvalue weighted by Crippen LogP contribution is -2.31. The minimum Gasteiger partial charge on any atom is -0.372 e. The lowest BCUT2D eigenvalue weighted by molar-refractivity contribution is 0.0981. The van der Waals surface area contributed by atoms with E-state index in [1.54, 1.807) is 31.2 Å². The van der Waals surface area contributed by atoms with Gasteiger partial charge in [-0.15, -0.1) is 0 Å². The largest absolute Gasteiger partial charge is 0.372 e. The van der Waals surface area contributed by atoms with E-state index in [2.05, 4.69) is 9.62 Å². The van der Waals surface area contributed by atoms with Crippen LogP contribution < -0.4 is 9.62 Å². The van der Waals surface area contributed by atoms with E-state index in [9.17, 15) is 13.2 Å². The molecule has 25 heavy (non-hydrogen) atoms. The average molecular weight is 379 g/mol. The molecule has 0 aromatic heterocycles. The number of sulfonamides is 1. The third-order valence-corrected chi connectivity index (χ3v) is 6.22. The lowest BCUT2D eigenvalue weighted by Gasteiger charge is -2.17. The molecule has 0 aliphatic carbocycles. The van der Waals surface area contributed by atoms with Crippen LogP contribution in [0.2, 0.25) is 5.02 Å². The number of anilines is 1. The van der Waals surface area contributed by atoms with Crippen molar-refractivity contribution >= 4 is 33.2 Å². The van der Waals surface area contributed by atoms with Crippen LogP contribution in [-0.4, -0.2) is 27.4 Å². The van der Waals surface area contributed by atoms with Crippen LogP contribution in [0.4, 0.5) is 5.69 Å². The predicted octanol–water partition coefficient (Wildman–Crippen LogP) is 3.37. The summed E-state index contributed by atoms with van der Waals surface area (Å²) in [6, 6.07) is 11.5. The number of carbonyl (C=O) groups excluding carboxylic acids is 1. The van der Waals surface area contributed by atoms with Gasteiger partial charge in [0.05, 0.1) is 4.90 Å². The predicted molar refractivity (Wildman–Crippen MR) is 98.7 cm³/mol. The number of nitrogens with zero attached hydrogens (tertiary/aromatic N) is 1. The maximum atomic E-state index is 12.5. The van der Waals surface area contributed by atoms with Gasteiger partial charge < -0.3 is 4.90 Å². The van der Waals surface area contributed by atoms with Crippen LogP contribution in [0, 0.1) is 6.92 Å². The van der Waals surface area contributed by atoms with Gasteiger partial charge in [0.1, 0.15) is 0 Å². The van der Waals surface area contributed by atoms with E-state index in [0.29, 0.717) is 16.1 Å². The molecule has 7 heteroatoms. The van der Waals surface area contributed by atoms with Crippen molar-refractivity contribution in [1.82, 2.24) is 4.72 Å². The van der Waals surface area contributed by atoms with Crippen LogP contribution in [0.1, 0.15) is 28.8 Å². The van der Waals surface area contributed by atoms with Crippen molar-refractivity contribution in [1.29, 1.82) is 0 Å². The number of nitrogens with one attached hydrogen (secondary N) is 1. The summed E-state index contributed by atoms with van der Waals surface area (Å²) >= 11 is 5.97. The zero-order valence-electron chi connectivity index (χ0n) is 13.8. The molecule has 1 aliphatic rings. The van der Waals surface area contributed by atoms with Gasteiger partial charge in [0.25, 0.3) is 15.9 Å². The Hall–Kier alpha value is -2.05. The third-order valence-electron chi connectivity index (χ3n) is 4.34. The fourth-order valence-electron chi connectivity index (χ4n) is 2.91. The summed E-state index contributed by atoms with van der Waals surface area (Å²) in [6.45, 7) is 3.62. The second-order valence-corrected chi connectivity index (χ2v) is 8.10. The van der Waals surface area contributed by atoms with Crippen molar-refractivity contribution in [2.75, 3.05) is 18.0 Å². The number of hydrogen-bond acceptors (Lipinski definition) is 4. The van der Waals surface area contributed by atoms with Crippen LogP contribution in [0.25, 0.3) is 0 Å². The minimum absolute atomic E-state index is 0.00189. The fourth-order valence-corrected chi connectivity index (χ4v) is 4.39. The SMILES string of the molecule is Cc1c(Cl)cccc1S(=O)(=O)NC(=O)c1ccc(N2CCCC2)cc1. The van der Waals surface area contributed by atoms with Gasteiger partial charge in [-0.2, -0.15) is 0 Å². The quantitative estimate of drug-likeness (QED) is 0.885. The second-order valence-electron chi connectivity index (χ2n) is 6.04. The zero-order chi connectivity index (χ0) is 18.0. The molecule has 5 nitrogen and oxygen atoms in total. The first-order valence-corrected chi connectivity index (χ1v) is 9.92. The Balaban J connectivity index is 1.78. The molecule has 1 saturated heterocycles. The van der Waals surface area contributed by atoms with E-state index in [0.717, 1.165) is 18.8 Å². The molecular weight excluding hydrogens is 360 g/mol. The van der Waals surface area contributed by atoms with Crippen molar-refractivity contribution in [2.24, 2.45) is 0 Å². The number of benzene rings is 2. The molecule has 1 fully saturated rings. The lowest BCUT2D eigenvalue weighted by atomic mass is 10.2. The van der Waals surface area contributed by atoms with Crippen LogP contribution >= 0.6 is 11.6 Å². The van der Waals surface area contributed by atoms with E-state index >= 15 is 0 Å². The Morgan fingerprint density at radius 1 is 1.08 bits per heavy atom. The van der Waals surface area contributed by atoms with Crippen molar-refractivity contribution in [2.45, 2.75) is 24.7 Å². The van der Waals surface area contributed by atoms with Crippen molar-refractivity contribution in [3.05, 3.63) is 58.6 Å². The Kier molecular flexibility index (Phi) is 5.01. The molecule has 0 radical (unpaired) electrons. The molecule has 0 saturated carbocycles. The number of hydrogen-bond donors (Lipinski definition) is 1. The van der Waals surface area contributed by atoms with Gasteiger partial charge >= 0.3 is 0 Å². The molecule has 0 unspecified atom stereocenters. The standard InChI is InChI=1S/C18H19ClN2O3S/c1-13-16(19)5-4-6-17(13)25(23,24)20-18(22)14-7-9-15(10-8-14)21-11-2-3-12-21/h4-10H,2-3,11-12H2,1H3,(H,20,22). The molecule has 0 atom stereocenters. The summed E-state index contributed by atoms with van der Waals surface area (Å²) in [5.74, 6) is -0.660. The van der Waals surface area contributed by atoms with Gasteiger partial charge in [-0.1, -0.05) is 17.7 Å². The van der Waals surface area contributed by atoms with E-state index in [-0.39, 0.29) is 4.90 Å². The molecule has 1 aliphatic heterocycles. The van der Waals surface area contributed by atoms with Crippen molar-refractivity contribution < 1.29 is 13.2 Å². The smallest absolute Gasteiger partial charge is 0.264 e. The van der Waals surface area contributed by atoms with Crippen molar-refractivity contribution in [3.63, 3.8) is 0 Å². The molecule has 1 amide bonds. The molecular formula is C18H19ClN2O3S. The van der Waals surface area contributed by atoms with Gasteiger partial charge in [0.15, 0.2) is 0 Å². The fraction of sp³-hybridized carbons (Fsp3) is 0.278. The highest BCUT2D eigenvalue weighted by Gasteiger charge is 2.22. The first kappa shape index (κ1) is 17.8. The second kappa shape index (κ2) is 7.06. The van der Waals surface area contributed by atoms with E-state index in [4.69, 9.17) is 11.6 Å². The normalized spacial score (nSPS) is 14.6. The summed E-state index contributed by atoms with van der Waals surface area (Å²) < 4.78 is 27.0. The number of amides is 1. The van der Waals surface area contributed by atoms with Crippen LogP contribution in [0.3, 0.4) is 0 Å². The first-order chi connectivity index (χ1) is 11.9. The molecule has 3 rings (SSSR count). The summed E-state index contributed by atoms with van der Waals surface area (Å²) in [4.78, 5) is 14.6. The first-order valence-electron chi connectivity index (χ1n) is 8.06. The van der Waals surface area contributed by atoms with Gasteiger partial charge in [-0.3, -0.25) is 4.79 Å². The van der Waals surface area contributed by atoms with Crippen LogP contribution in [0.5, 0.6) is 0 Å². The number of halogens is 1. The number of rotatable bonds is 4. The minimum atomic E-state index is -3.98. The Morgan fingerprint density at radius 3 is 2.36 bits per heavy atom. The summed E-state index contributed by atoms with van der Waals surface area (Å²) in [5, 5.41) is 0.338. The molecule has 0 spiro atoms. The van der Waals surface area contributed by atoms with Crippen LogP contribution in [-0.2, 0) is 10.0 Å². The molecule has 2 aromatic carbocycles. The van der Waals surface area contributed by atoms with Gasteiger partial charge in [0, 0.05) is 29.4 Å². The highest BCUT2D eigenvalue weighted by atomic mass is 35.5. The topological polar surface area (TPSA) is 66.5 Å². The van der Waals surface area contributed by atoms with E-state index < -0.39 is 15.9 Å². The Morgan fingerprint density at radius 2 is 1.72 bits per heavy atom. The monoisotopic (exact) mass is 378 g/mol. The van der Waals surface area contributed by atoms with Crippen molar-refractivity contribution in [3.8, 4) is 0 Å². The van der Waals surface area contributed by atoms with Gasteiger partial charge in [-0.05, 0) is 61.7 Å². The number of carbonyl (C=O) groups is 1. The molecule has 0 bridgehead atoms. The van der Waals surface area contributed by atoms with E-state index in [1.807, 2.05) is 12.1 Å². The van der Waals surface area contributed by atoms with E-state index in [1.165, 1.54) is 18.9 Å². The summed E-state index contributed by atoms with van der Waals surface area (Å²) in [7, 11) is -3.98. The summed E-state index contributed by atoms with van der Waals surface area (Å²) in [6.07, 6.45) is 2.33. The van der Waals surface area contributed by atoms with Crippen LogP contribution in [0.15, 0.2) is 47.4 Å². The maximum absolute atomic E-state index is 12.5. The van der Waals surface area contributed by atoms with Gasteiger partial charge in [0.2, 0.25) is 0 Å². The maximum Gasteiger partial charge on any atom is 0.264 e. The zero-order valence-corrected chi connectivity index (χ0v) is 15.4. The molecule has 132 valence electrons.